The summed E-state index contributed by atoms with van der Waals surface area (Å²) in [6.07, 6.45) is 2.60. The zero-order valence-electron chi connectivity index (χ0n) is 8.32. The van der Waals surface area contributed by atoms with Gasteiger partial charge in [0.1, 0.15) is 0 Å². The van der Waals surface area contributed by atoms with Crippen molar-refractivity contribution in [2.75, 3.05) is 6.61 Å². The molecule has 3 nitrogen and oxygen atoms in total. The van der Waals surface area contributed by atoms with Crippen molar-refractivity contribution in [2.45, 2.75) is 44.7 Å². The Morgan fingerprint density at radius 3 is 2.85 bits per heavy atom. The summed E-state index contributed by atoms with van der Waals surface area (Å²) in [5, 5.41) is 9.47. The predicted octanol–water partition coefficient (Wildman–Crippen LogP) is 1.46. The van der Waals surface area contributed by atoms with Crippen LogP contribution < -0.4 is 0 Å². The topological polar surface area (TPSA) is 38.7 Å². The van der Waals surface area contributed by atoms with Gasteiger partial charge < -0.3 is 14.6 Å². The van der Waals surface area contributed by atoms with Crippen LogP contribution in [0.3, 0.4) is 0 Å². The van der Waals surface area contributed by atoms with Gasteiger partial charge in [0, 0.05) is 6.42 Å². The maximum atomic E-state index is 9.47. The van der Waals surface area contributed by atoms with Gasteiger partial charge in [-0.25, -0.2) is 0 Å². The first-order valence-corrected chi connectivity index (χ1v) is 4.64. The maximum Gasteiger partial charge on any atom is 0.163 e. The Kier molecular flexibility index (Phi) is 3.47. The van der Waals surface area contributed by atoms with Crippen LogP contribution in [-0.2, 0) is 9.47 Å². The van der Waals surface area contributed by atoms with E-state index in [1.54, 1.807) is 6.08 Å². The molecule has 1 aliphatic heterocycles. The van der Waals surface area contributed by atoms with E-state index in [2.05, 4.69) is 6.58 Å². The quantitative estimate of drug-likeness (QED) is 0.676. The van der Waals surface area contributed by atoms with Crippen molar-refractivity contribution in [1.29, 1.82) is 0 Å². The van der Waals surface area contributed by atoms with Crippen molar-refractivity contribution in [3.63, 3.8) is 0 Å². The molecule has 3 heteroatoms. The lowest BCUT2D eigenvalue weighted by Gasteiger charge is -2.18. The zero-order chi connectivity index (χ0) is 9.90. The number of hydrogen-bond acceptors (Lipinski definition) is 3. The van der Waals surface area contributed by atoms with E-state index in [1.165, 1.54) is 0 Å². The van der Waals surface area contributed by atoms with Crippen molar-refractivity contribution in [3.8, 4) is 0 Å². The minimum absolute atomic E-state index is 0.0185. The number of rotatable bonds is 4. The first-order valence-electron chi connectivity index (χ1n) is 4.64. The second-order valence-electron chi connectivity index (χ2n) is 3.86. The van der Waals surface area contributed by atoms with Gasteiger partial charge in [0.2, 0.25) is 0 Å². The summed E-state index contributed by atoms with van der Waals surface area (Å²) >= 11 is 0. The molecule has 13 heavy (non-hydrogen) atoms. The van der Waals surface area contributed by atoms with Gasteiger partial charge in [-0.3, -0.25) is 0 Å². The van der Waals surface area contributed by atoms with Crippen LogP contribution in [-0.4, -0.2) is 29.7 Å². The van der Waals surface area contributed by atoms with Crippen molar-refractivity contribution in [2.24, 2.45) is 0 Å². The fourth-order valence-corrected chi connectivity index (χ4v) is 1.47. The molecule has 76 valence electrons. The summed E-state index contributed by atoms with van der Waals surface area (Å²) < 4.78 is 10.9. The molecule has 0 aromatic carbocycles. The number of ether oxygens (including phenoxy) is 2. The highest BCUT2D eigenvalue weighted by atomic mass is 16.7. The lowest BCUT2D eigenvalue weighted by Crippen LogP contribution is -2.24. The normalized spacial score (nSPS) is 28.7. The van der Waals surface area contributed by atoms with Gasteiger partial charge in [0.15, 0.2) is 5.79 Å². The molecule has 1 fully saturated rings. The second-order valence-corrected chi connectivity index (χ2v) is 3.86. The minimum Gasteiger partial charge on any atom is -0.393 e. The van der Waals surface area contributed by atoms with E-state index in [4.69, 9.17) is 9.47 Å². The molecule has 0 aromatic heterocycles. The fraction of sp³-hybridized carbons (Fsp3) is 0.800. The number of aliphatic hydroxyl groups is 1. The van der Waals surface area contributed by atoms with Gasteiger partial charge in [0.05, 0.1) is 18.8 Å². The third-order valence-electron chi connectivity index (χ3n) is 2.04. The molecule has 0 bridgehead atoms. The Bertz CT molecular complexity index is 177. The van der Waals surface area contributed by atoms with E-state index < -0.39 is 5.79 Å². The van der Waals surface area contributed by atoms with E-state index in [-0.39, 0.29) is 12.2 Å². The summed E-state index contributed by atoms with van der Waals surface area (Å²) in [6.45, 7) is 7.91. The Labute approximate surface area is 79.3 Å². The molecule has 0 aliphatic carbocycles. The lowest BCUT2D eigenvalue weighted by atomic mass is 10.1. The zero-order valence-corrected chi connectivity index (χ0v) is 8.32. The first-order chi connectivity index (χ1) is 6.03. The van der Waals surface area contributed by atoms with Crippen LogP contribution in [0.15, 0.2) is 12.7 Å². The van der Waals surface area contributed by atoms with Crippen LogP contribution in [0, 0.1) is 0 Å². The average Bonchev–Trinajstić information content (AvgIpc) is 2.30. The maximum absolute atomic E-state index is 9.47. The van der Waals surface area contributed by atoms with Gasteiger partial charge >= 0.3 is 0 Å². The van der Waals surface area contributed by atoms with Gasteiger partial charge in [0.25, 0.3) is 0 Å². The Morgan fingerprint density at radius 2 is 2.38 bits per heavy atom. The third-order valence-corrected chi connectivity index (χ3v) is 2.04. The van der Waals surface area contributed by atoms with Gasteiger partial charge in [-0.2, -0.15) is 0 Å². The summed E-state index contributed by atoms with van der Waals surface area (Å²) in [7, 11) is 0. The molecule has 0 aromatic rings. The van der Waals surface area contributed by atoms with Gasteiger partial charge in [-0.05, 0) is 20.3 Å². The largest absolute Gasteiger partial charge is 0.393 e. The van der Waals surface area contributed by atoms with Crippen molar-refractivity contribution < 1.29 is 14.6 Å². The molecular formula is C10H18O3. The summed E-state index contributed by atoms with van der Waals surface area (Å²) in [4.78, 5) is 0. The highest BCUT2D eigenvalue weighted by Gasteiger charge is 2.33. The van der Waals surface area contributed by atoms with Gasteiger partial charge in [-0.1, -0.05) is 6.08 Å². The Balaban J connectivity index is 2.27. The molecule has 0 spiro atoms. The van der Waals surface area contributed by atoms with E-state index in [9.17, 15) is 5.11 Å². The number of hydrogen-bond donors (Lipinski definition) is 1. The molecule has 1 aliphatic rings. The van der Waals surface area contributed by atoms with Crippen LogP contribution in [0.4, 0.5) is 0 Å². The van der Waals surface area contributed by atoms with Crippen LogP contribution in [0.5, 0.6) is 0 Å². The van der Waals surface area contributed by atoms with Gasteiger partial charge in [-0.15, -0.1) is 6.58 Å². The molecule has 1 heterocycles. The monoisotopic (exact) mass is 186 g/mol. The van der Waals surface area contributed by atoms with E-state index in [0.717, 1.165) is 0 Å². The van der Waals surface area contributed by atoms with E-state index in [0.29, 0.717) is 19.4 Å². The highest BCUT2D eigenvalue weighted by molar-refractivity contribution is 4.78. The Morgan fingerprint density at radius 1 is 1.69 bits per heavy atom. The second kappa shape index (κ2) is 4.22. The molecule has 0 unspecified atom stereocenters. The molecule has 1 saturated heterocycles. The summed E-state index contributed by atoms with van der Waals surface area (Å²) in [6, 6.07) is 0. The smallest absolute Gasteiger partial charge is 0.163 e. The molecule has 0 saturated carbocycles. The molecule has 0 amide bonds. The summed E-state index contributed by atoms with van der Waals surface area (Å²) in [5.41, 5.74) is 0. The lowest BCUT2D eigenvalue weighted by molar-refractivity contribution is -0.141. The molecule has 1 rings (SSSR count). The third kappa shape index (κ3) is 3.46. The minimum atomic E-state index is -0.488. The highest BCUT2D eigenvalue weighted by Crippen LogP contribution is 2.25. The van der Waals surface area contributed by atoms with Crippen LogP contribution in [0.2, 0.25) is 0 Å². The molecular weight excluding hydrogens is 168 g/mol. The predicted molar refractivity (Wildman–Crippen MR) is 50.3 cm³/mol. The standard InChI is InChI=1S/C10H18O3/c1-4-5-8(11)6-9-7-12-10(2,3)13-9/h4,8-9,11H,1,5-7H2,2-3H3/t8-,9+/m1/s1. The molecule has 1 N–H and O–H groups in total. The van der Waals surface area contributed by atoms with Crippen LogP contribution in [0.1, 0.15) is 26.7 Å². The van der Waals surface area contributed by atoms with Crippen molar-refractivity contribution >= 4 is 0 Å². The van der Waals surface area contributed by atoms with Crippen molar-refractivity contribution in [1.82, 2.24) is 0 Å². The van der Waals surface area contributed by atoms with E-state index in [1.807, 2.05) is 13.8 Å². The number of aliphatic hydroxyl groups excluding tert-OH is 1. The van der Waals surface area contributed by atoms with Crippen LogP contribution in [0.25, 0.3) is 0 Å². The Hall–Kier alpha value is -0.380. The average molecular weight is 186 g/mol. The first kappa shape index (κ1) is 10.7. The molecule has 2 atom stereocenters. The molecule has 0 radical (unpaired) electrons. The van der Waals surface area contributed by atoms with E-state index >= 15 is 0 Å². The van der Waals surface area contributed by atoms with Crippen molar-refractivity contribution in [3.05, 3.63) is 12.7 Å². The fourth-order valence-electron chi connectivity index (χ4n) is 1.47. The summed E-state index contributed by atoms with van der Waals surface area (Å²) in [5.74, 6) is -0.488. The van der Waals surface area contributed by atoms with Crippen LogP contribution >= 0.6 is 0 Å². The SMILES string of the molecule is C=CC[C@@H](O)C[C@H]1COC(C)(C)O1.